The molecule has 1 amide bonds. The number of aryl methyl sites for hydroxylation is 1. The highest BCUT2D eigenvalue weighted by Crippen LogP contribution is 2.23. The van der Waals surface area contributed by atoms with Gasteiger partial charge >= 0.3 is 0 Å². The van der Waals surface area contributed by atoms with Crippen molar-refractivity contribution < 1.29 is 4.79 Å². The van der Waals surface area contributed by atoms with E-state index in [9.17, 15) is 4.79 Å². The number of amides is 1. The van der Waals surface area contributed by atoms with Crippen molar-refractivity contribution in [1.29, 1.82) is 0 Å². The number of nitrogens with zero attached hydrogens (tertiary/aromatic N) is 1. The average molecular weight is 354 g/mol. The molecule has 21 heavy (non-hydrogen) atoms. The number of nitrogens with one attached hydrogen (secondary N) is 1. The number of hydrogen-bond donors (Lipinski definition) is 2. The summed E-state index contributed by atoms with van der Waals surface area (Å²) in [6, 6.07) is 5.94. The van der Waals surface area contributed by atoms with Crippen LogP contribution < -0.4 is 11.1 Å². The van der Waals surface area contributed by atoms with E-state index < -0.39 is 0 Å². The molecule has 116 valence electrons. The molecule has 1 aromatic rings. The Hall–Kier alpha value is -0.910. The molecular weight excluding hydrogens is 330 g/mol. The molecule has 1 aliphatic heterocycles. The number of halogens is 1. The molecule has 5 heteroatoms. The molecule has 0 aliphatic carbocycles. The van der Waals surface area contributed by atoms with E-state index in [2.05, 4.69) is 26.1 Å². The molecule has 1 aliphatic rings. The predicted molar refractivity (Wildman–Crippen MR) is 90.3 cm³/mol. The number of anilines is 1. The highest BCUT2D eigenvalue weighted by Gasteiger charge is 2.21. The van der Waals surface area contributed by atoms with Crippen LogP contribution in [0, 0.1) is 12.8 Å². The maximum absolute atomic E-state index is 12.2. The van der Waals surface area contributed by atoms with Gasteiger partial charge < -0.3 is 11.1 Å². The van der Waals surface area contributed by atoms with E-state index in [-0.39, 0.29) is 5.91 Å². The third-order valence-corrected chi connectivity index (χ3v) is 4.60. The first-order valence-corrected chi connectivity index (χ1v) is 8.36. The van der Waals surface area contributed by atoms with Gasteiger partial charge in [0.15, 0.2) is 0 Å². The van der Waals surface area contributed by atoms with Crippen molar-refractivity contribution in [1.82, 2.24) is 4.90 Å². The second-order valence-corrected chi connectivity index (χ2v) is 6.71. The third-order valence-electron chi connectivity index (χ3n) is 3.94. The van der Waals surface area contributed by atoms with Crippen molar-refractivity contribution in [2.75, 3.05) is 31.5 Å². The van der Waals surface area contributed by atoms with Gasteiger partial charge in [-0.25, -0.2) is 0 Å². The van der Waals surface area contributed by atoms with Crippen LogP contribution in [-0.4, -0.2) is 37.0 Å². The number of nitrogens with two attached hydrogens (primary N) is 1. The SMILES string of the molecule is Cc1ccc(NC(=O)CN2CCCC(CCN)C2)c(Br)c1. The highest BCUT2D eigenvalue weighted by atomic mass is 79.9. The molecule has 4 nitrogen and oxygen atoms in total. The minimum absolute atomic E-state index is 0.0490. The highest BCUT2D eigenvalue weighted by molar-refractivity contribution is 9.10. The molecule has 0 spiro atoms. The molecular formula is C16H24BrN3O. The van der Waals surface area contributed by atoms with Gasteiger partial charge in [-0.2, -0.15) is 0 Å². The summed E-state index contributed by atoms with van der Waals surface area (Å²) in [7, 11) is 0. The minimum Gasteiger partial charge on any atom is -0.330 e. The Morgan fingerprint density at radius 3 is 3.05 bits per heavy atom. The summed E-state index contributed by atoms with van der Waals surface area (Å²) in [5.74, 6) is 0.690. The Balaban J connectivity index is 1.86. The molecule has 0 saturated carbocycles. The Bertz CT molecular complexity index is 490. The van der Waals surface area contributed by atoms with Gasteiger partial charge in [0.25, 0.3) is 0 Å². The van der Waals surface area contributed by atoms with Crippen molar-refractivity contribution in [2.45, 2.75) is 26.2 Å². The molecule has 0 bridgehead atoms. The summed E-state index contributed by atoms with van der Waals surface area (Å²) in [5.41, 5.74) is 7.64. The largest absolute Gasteiger partial charge is 0.330 e. The molecule has 1 saturated heterocycles. The van der Waals surface area contributed by atoms with Gasteiger partial charge in [-0.05, 0) is 78.8 Å². The van der Waals surface area contributed by atoms with Crippen LogP contribution >= 0.6 is 15.9 Å². The van der Waals surface area contributed by atoms with Gasteiger partial charge in [-0.3, -0.25) is 9.69 Å². The Morgan fingerprint density at radius 1 is 1.52 bits per heavy atom. The standard InChI is InChI=1S/C16H24BrN3O/c1-12-4-5-15(14(17)9-12)19-16(21)11-20-8-2-3-13(10-20)6-7-18/h4-5,9,13H,2-3,6-8,10-11,18H2,1H3,(H,19,21). The fourth-order valence-electron chi connectivity index (χ4n) is 2.88. The summed E-state index contributed by atoms with van der Waals surface area (Å²) in [4.78, 5) is 14.4. The number of benzene rings is 1. The van der Waals surface area contributed by atoms with Gasteiger partial charge in [-0.15, -0.1) is 0 Å². The van der Waals surface area contributed by atoms with Crippen LogP contribution in [0.15, 0.2) is 22.7 Å². The lowest BCUT2D eigenvalue weighted by atomic mass is 9.95. The van der Waals surface area contributed by atoms with Crippen molar-refractivity contribution in [3.05, 3.63) is 28.2 Å². The molecule has 1 unspecified atom stereocenters. The van der Waals surface area contributed by atoms with Crippen LogP contribution in [0.5, 0.6) is 0 Å². The van der Waals surface area contributed by atoms with Gasteiger partial charge in [0.05, 0.1) is 12.2 Å². The lowest BCUT2D eigenvalue weighted by Gasteiger charge is -2.32. The van der Waals surface area contributed by atoms with E-state index in [4.69, 9.17) is 5.73 Å². The first-order valence-electron chi connectivity index (χ1n) is 7.57. The smallest absolute Gasteiger partial charge is 0.238 e. The van der Waals surface area contributed by atoms with Crippen LogP contribution in [0.4, 0.5) is 5.69 Å². The molecule has 1 fully saturated rings. The molecule has 3 N–H and O–H groups in total. The zero-order chi connectivity index (χ0) is 15.2. The minimum atomic E-state index is 0.0490. The van der Waals surface area contributed by atoms with E-state index >= 15 is 0 Å². The molecule has 1 atom stereocenters. The quantitative estimate of drug-likeness (QED) is 0.855. The molecule has 0 radical (unpaired) electrons. The maximum Gasteiger partial charge on any atom is 0.238 e. The Labute approximate surface area is 135 Å². The van der Waals surface area contributed by atoms with Crippen molar-refractivity contribution in [3.8, 4) is 0 Å². The maximum atomic E-state index is 12.2. The topological polar surface area (TPSA) is 58.4 Å². The Kier molecular flexibility index (Phi) is 6.21. The molecule has 1 aromatic carbocycles. The third kappa shape index (κ3) is 5.09. The second-order valence-electron chi connectivity index (χ2n) is 5.85. The van der Waals surface area contributed by atoms with E-state index in [0.29, 0.717) is 12.5 Å². The summed E-state index contributed by atoms with van der Waals surface area (Å²) in [5, 5.41) is 2.98. The van der Waals surface area contributed by atoms with Crippen molar-refractivity contribution >= 4 is 27.5 Å². The average Bonchev–Trinajstić information content (AvgIpc) is 2.43. The lowest BCUT2D eigenvalue weighted by Crippen LogP contribution is -2.41. The summed E-state index contributed by atoms with van der Waals surface area (Å²) in [6.45, 7) is 5.22. The van der Waals surface area contributed by atoms with Crippen LogP contribution in [0.3, 0.4) is 0 Å². The molecule has 2 rings (SSSR count). The second kappa shape index (κ2) is 7.92. The van der Waals surface area contributed by atoms with E-state index in [1.54, 1.807) is 0 Å². The molecule has 1 heterocycles. The first-order chi connectivity index (χ1) is 10.1. The van der Waals surface area contributed by atoms with Gasteiger partial charge in [0.1, 0.15) is 0 Å². The zero-order valence-corrected chi connectivity index (χ0v) is 14.2. The summed E-state index contributed by atoms with van der Waals surface area (Å²) in [6.07, 6.45) is 3.45. The van der Waals surface area contributed by atoms with E-state index in [1.165, 1.54) is 12.0 Å². The number of likely N-dealkylation sites (tertiary alicyclic amines) is 1. The predicted octanol–water partition coefficient (Wildman–Crippen LogP) is 2.76. The lowest BCUT2D eigenvalue weighted by molar-refractivity contribution is -0.117. The normalized spacial score (nSPS) is 19.5. The number of hydrogen-bond acceptors (Lipinski definition) is 3. The summed E-state index contributed by atoms with van der Waals surface area (Å²) < 4.78 is 0.926. The number of piperidine rings is 1. The first kappa shape index (κ1) is 16.5. The Morgan fingerprint density at radius 2 is 2.33 bits per heavy atom. The van der Waals surface area contributed by atoms with Gasteiger partial charge in [-0.1, -0.05) is 6.07 Å². The zero-order valence-electron chi connectivity index (χ0n) is 12.6. The van der Waals surface area contributed by atoms with E-state index in [0.717, 1.165) is 42.6 Å². The van der Waals surface area contributed by atoms with Crippen molar-refractivity contribution in [2.24, 2.45) is 11.7 Å². The fourth-order valence-corrected chi connectivity index (χ4v) is 3.47. The van der Waals surface area contributed by atoms with E-state index in [1.807, 2.05) is 25.1 Å². The number of carbonyl (C=O) groups is 1. The number of rotatable bonds is 5. The van der Waals surface area contributed by atoms with Crippen molar-refractivity contribution in [3.63, 3.8) is 0 Å². The fraction of sp³-hybridized carbons (Fsp3) is 0.562. The van der Waals surface area contributed by atoms with Gasteiger partial charge in [0, 0.05) is 11.0 Å². The van der Waals surface area contributed by atoms with Crippen LogP contribution in [-0.2, 0) is 4.79 Å². The van der Waals surface area contributed by atoms with Crippen LogP contribution in [0.2, 0.25) is 0 Å². The number of carbonyl (C=O) groups excluding carboxylic acids is 1. The van der Waals surface area contributed by atoms with Crippen LogP contribution in [0.1, 0.15) is 24.8 Å². The van der Waals surface area contributed by atoms with Gasteiger partial charge in [0.2, 0.25) is 5.91 Å². The monoisotopic (exact) mass is 353 g/mol. The van der Waals surface area contributed by atoms with Crippen LogP contribution in [0.25, 0.3) is 0 Å². The molecule has 0 aromatic heterocycles. The summed E-state index contributed by atoms with van der Waals surface area (Å²) >= 11 is 3.49.